The second-order valence-corrected chi connectivity index (χ2v) is 12.8. The van der Waals surface area contributed by atoms with Crippen LogP contribution in [-0.4, -0.2) is 37.2 Å². The monoisotopic (exact) mass is 721 g/mol. The highest BCUT2D eigenvalue weighted by molar-refractivity contribution is 5.71. The fraction of sp³-hybridized carbons (Fsp3) is 0.587. The van der Waals surface area contributed by atoms with E-state index in [1.54, 1.807) is 0 Å². The zero-order valence-electron chi connectivity index (χ0n) is 33.0. The molecule has 0 N–H and O–H groups in total. The summed E-state index contributed by atoms with van der Waals surface area (Å²) in [5.41, 5.74) is 0. The van der Waals surface area contributed by atoms with Gasteiger partial charge in [-0.25, -0.2) is 0 Å². The molecule has 0 aromatic rings. The molecule has 0 spiro atoms. The fourth-order valence-electron chi connectivity index (χ4n) is 4.81. The molecule has 0 aromatic carbocycles. The van der Waals surface area contributed by atoms with Crippen molar-refractivity contribution in [3.63, 3.8) is 0 Å². The van der Waals surface area contributed by atoms with Crippen molar-refractivity contribution in [2.24, 2.45) is 0 Å². The summed E-state index contributed by atoms with van der Waals surface area (Å²) >= 11 is 0. The Morgan fingerprint density at radius 3 is 1.35 bits per heavy atom. The van der Waals surface area contributed by atoms with E-state index < -0.39 is 6.10 Å². The smallest absolute Gasteiger partial charge is 0.306 e. The Morgan fingerprint density at radius 2 is 0.827 bits per heavy atom. The van der Waals surface area contributed by atoms with E-state index >= 15 is 0 Å². The Labute approximate surface area is 317 Å². The SMILES string of the molecule is CC/C=C\C/C=C\C/C=C\CCCCC(=O)OCC(COC(=O)CCCCC/C=C\C=C/CCCC)OC(=O)CCC/C=C\C/C=C\C/C=C\CC. The molecule has 6 nitrogen and oxygen atoms in total. The van der Waals surface area contributed by atoms with E-state index in [0.29, 0.717) is 25.7 Å². The topological polar surface area (TPSA) is 78.9 Å². The molecule has 52 heavy (non-hydrogen) atoms. The maximum atomic E-state index is 12.6. The van der Waals surface area contributed by atoms with Gasteiger partial charge in [-0.2, -0.15) is 0 Å². The Hall–Kier alpha value is -3.67. The molecule has 0 radical (unpaired) electrons. The number of allylic oxidation sites excluding steroid dienone is 16. The molecule has 0 rings (SSSR count). The first kappa shape index (κ1) is 48.3. The molecule has 0 fully saturated rings. The highest BCUT2D eigenvalue weighted by atomic mass is 16.6. The van der Waals surface area contributed by atoms with Gasteiger partial charge in [-0.1, -0.05) is 137 Å². The summed E-state index contributed by atoms with van der Waals surface area (Å²) in [6, 6.07) is 0. The van der Waals surface area contributed by atoms with Crippen LogP contribution in [0.5, 0.6) is 0 Å². The molecule has 1 unspecified atom stereocenters. The molecule has 0 saturated carbocycles. The first-order chi connectivity index (χ1) is 25.5. The first-order valence-electron chi connectivity index (χ1n) is 20.3. The van der Waals surface area contributed by atoms with Crippen LogP contribution in [-0.2, 0) is 28.6 Å². The molecule has 1 atom stereocenters. The largest absolute Gasteiger partial charge is 0.462 e. The summed E-state index contributed by atoms with van der Waals surface area (Å²) in [7, 11) is 0. The van der Waals surface area contributed by atoms with Crippen molar-refractivity contribution in [3.05, 3.63) is 97.2 Å². The lowest BCUT2D eigenvalue weighted by Gasteiger charge is -2.18. The third-order valence-electron chi connectivity index (χ3n) is 7.83. The molecule has 0 aliphatic rings. The van der Waals surface area contributed by atoms with Crippen molar-refractivity contribution < 1.29 is 28.6 Å². The minimum absolute atomic E-state index is 0.126. The van der Waals surface area contributed by atoms with Gasteiger partial charge in [0, 0.05) is 19.3 Å². The number of esters is 3. The van der Waals surface area contributed by atoms with Gasteiger partial charge in [0.05, 0.1) is 0 Å². The summed E-state index contributed by atoms with van der Waals surface area (Å²) in [5.74, 6) is -1.06. The van der Waals surface area contributed by atoms with Crippen LogP contribution >= 0.6 is 0 Å². The summed E-state index contributed by atoms with van der Waals surface area (Å²) in [6.07, 6.45) is 51.2. The molecule has 0 aliphatic heterocycles. The Balaban J connectivity index is 4.58. The average Bonchev–Trinajstić information content (AvgIpc) is 3.14. The van der Waals surface area contributed by atoms with Gasteiger partial charge < -0.3 is 14.2 Å². The molecular weight excluding hydrogens is 648 g/mol. The first-order valence-corrected chi connectivity index (χ1v) is 20.3. The maximum absolute atomic E-state index is 12.6. The molecule has 0 bridgehead atoms. The van der Waals surface area contributed by atoms with Crippen LogP contribution in [0.4, 0.5) is 0 Å². The number of carbonyl (C=O) groups excluding carboxylic acids is 3. The normalized spacial score (nSPS) is 13.1. The second-order valence-electron chi connectivity index (χ2n) is 12.8. The molecule has 0 aliphatic carbocycles. The molecule has 292 valence electrons. The van der Waals surface area contributed by atoms with Crippen LogP contribution in [0.25, 0.3) is 0 Å². The highest BCUT2D eigenvalue weighted by Crippen LogP contribution is 2.09. The number of hydrogen-bond donors (Lipinski definition) is 0. The lowest BCUT2D eigenvalue weighted by molar-refractivity contribution is -0.167. The summed E-state index contributed by atoms with van der Waals surface area (Å²) in [6.45, 7) is 6.19. The third kappa shape index (κ3) is 37.6. The molecule has 0 heterocycles. The highest BCUT2D eigenvalue weighted by Gasteiger charge is 2.19. The van der Waals surface area contributed by atoms with E-state index in [9.17, 15) is 14.4 Å². The molecule has 6 heteroatoms. The van der Waals surface area contributed by atoms with Gasteiger partial charge in [0.25, 0.3) is 0 Å². The third-order valence-corrected chi connectivity index (χ3v) is 7.83. The average molecular weight is 721 g/mol. The predicted octanol–water partition coefficient (Wildman–Crippen LogP) is 12.7. The van der Waals surface area contributed by atoms with Crippen LogP contribution < -0.4 is 0 Å². The van der Waals surface area contributed by atoms with Crippen LogP contribution in [0.2, 0.25) is 0 Å². The van der Waals surface area contributed by atoms with E-state index in [2.05, 4.69) is 118 Å². The van der Waals surface area contributed by atoms with Gasteiger partial charge in [0.1, 0.15) is 13.2 Å². The molecular formula is C46H72O6. The predicted molar refractivity (Wildman–Crippen MR) is 219 cm³/mol. The molecule has 0 amide bonds. The zero-order valence-corrected chi connectivity index (χ0v) is 33.0. The quantitative estimate of drug-likeness (QED) is 0.0216. The van der Waals surface area contributed by atoms with Crippen LogP contribution in [0, 0.1) is 0 Å². The van der Waals surface area contributed by atoms with Crippen molar-refractivity contribution in [1.82, 2.24) is 0 Å². The Bertz CT molecular complexity index is 1100. The van der Waals surface area contributed by atoms with Gasteiger partial charge in [0.2, 0.25) is 0 Å². The van der Waals surface area contributed by atoms with Crippen LogP contribution in [0.1, 0.15) is 156 Å². The fourth-order valence-corrected chi connectivity index (χ4v) is 4.81. The molecule has 0 saturated heterocycles. The number of carbonyl (C=O) groups is 3. The van der Waals surface area contributed by atoms with Gasteiger partial charge in [-0.15, -0.1) is 0 Å². The van der Waals surface area contributed by atoms with E-state index in [-0.39, 0.29) is 37.5 Å². The van der Waals surface area contributed by atoms with Crippen molar-refractivity contribution in [3.8, 4) is 0 Å². The van der Waals surface area contributed by atoms with Gasteiger partial charge in [-0.05, 0) is 96.3 Å². The number of rotatable bonds is 34. The van der Waals surface area contributed by atoms with Gasteiger partial charge >= 0.3 is 17.9 Å². The van der Waals surface area contributed by atoms with Crippen LogP contribution in [0.15, 0.2) is 97.2 Å². The summed E-state index contributed by atoms with van der Waals surface area (Å²) in [4.78, 5) is 37.5. The van der Waals surface area contributed by atoms with E-state index in [1.807, 2.05) is 0 Å². The standard InChI is InChI=1S/C46H72O6/c1-4-7-10-13-16-19-22-25-27-30-33-36-39-45(48)51-42-43(52-46(49)40-37-34-31-28-24-21-18-15-12-9-6-3)41-50-44(47)38-35-32-29-26-23-20-17-14-11-8-5-2/h7,9-10,12,14,16-21,23,25,27-28,31,43H,4-6,8,11,13,15,22,24,26,29-30,32-42H2,1-3H3/b10-7-,12-9-,17-14-,19-16-,21-18-,23-20-,27-25-,31-28-. The van der Waals surface area contributed by atoms with Crippen LogP contribution in [0.3, 0.4) is 0 Å². The zero-order chi connectivity index (χ0) is 38.0. The van der Waals surface area contributed by atoms with Crippen molar-refractivity contribution in [2.75, 3.05) is 13.2 Å². The van der Waals surface area contributed by atoms with E-state index in [1.165, 1.54) is 12.8 Å². The lowest BCUT2D eigenvalue weighted by atomic mass is 10.1. The number of ether oxygens (including phenoxy) is 3. The van der Waals surface area contributed by atoms with E-state index in [4.69, 9.17) is 14.2 Å². The van der Waals surface area contributed by atoms with Gasteiger partial charge in [0.15, 0.2) is 6.10 Å². The summed E-state index contributed by atoms with van der Waals surface area (Å²) < 4.78 is 16.5. The second kappa shape index (κ2) is 40.1. The number of unbranched alkanes of at least 4 members (excludes halogenated alkanes) is 8. The number of hydrogen-bond acceptors (Lipinski definition) is 6. The van der Waals surface area contributed by atoms with Crippen molar-refractivity contribution in [2.45, 2.75) is 162 Å². The van der Waals surface area contributed by atoms with Crippen molar-refractivity contribution in [1.29, 1.82) is 0 Å². The maximum Gasteiger partial charge on any atom is 0.306 e. The lowest BCUT2D eigenvalue weighted by Crippen LogP contribution is -2.30. The Morgan fingerprint density at radius 1 is 0.423 bits per heavy atom. The Kier molecular flexibility index (Phi) is 37.3. The minimum Gasteiger partial charge on any atom is -0.462 e. The minimum atomic E-state index is -0.827. The summed E-state index contributed by atoms with van der Waals surface area (Å²) in [5, 5.41) is 0. The van der Waals surface area contributed by atoms with E-state index in [0.717, 1.165) is 89.9 Å². The van der Waals surface area contributed by atoms with Crippen molar-refractivity contribution >= 4 is 17.9 Å². The van der Waals surface area contributed by atoms with Gasteiger partial charge in [-0.3, -0.25) is 14.4 Å². The molecule has 0 aromatic heterocycles.